The lowest BCUT2D eigenvalue weighted by molar-refractivity contribution is 0.357. The third kappa shape index (κ3) is 1.61. The predicted molar refractivity (Wildman–Crippen MR) is 48.3 cm³/mol. The van der Waals surface area contributed by atoms with Crippen LogP contribution in [0.5, 0.6) is 5.75 Å². The molecule has 0 amide bonds. The van der Waals surface area contributed by atoms with Crippen LogP contribution < -0.4 is 4.74 Å². The van der Waals surface area contributed by atoms with Crippen LogP contribution >= 0.6 is 31.9 Å². The molecule has 1 rings (SSSR count). The maximum atomic E-state index is 13.0. The molecule has 5 heteroatoms. The molecule has 0 spiro atoms. The molecule has 1 nitrogen and oxygen atoms in total. The molecule has 0 aromatic heterocycles. The molecule has 0 aliphatic heterocycles. The molecule has 12 heavy (non-hydrogen) atoms. The third-order valence-corrected chi connectivity index (χ3v) is 2.43. The molecule has 66 valence electrons. The minimum atomic E-state index is -0.738. The summed E-state index contributed by atoms with van der Waals surface area (Å²) in [6.45, 7) is 0. The molecule has 0 unspecified atom stereocenters. The van der Waals surface area contributed by atoms with Crippen molar-refractivity contribution in [3.05, 3.63) is 26.6 Å². The zero-order valence-electron chi connectivity index (χ0n) is 6.00. The highest BCUT2D eigenvalue weighted by atomic mass is 79.9. The summed E-state index contributed by atoms with van der Waals surface area (Å²) in [6, 6.07) is 1.28. The third-order valence-electron chi connectivity index (χ3n) is 1.28. The summed E-state index contributed by atoms with van der Waals surface area (Å²) in [4.78, 5) is 0. The van der Waals surface area contributed by atoms with E-state index in [4.69, 9.17) is 0 Å². The number of hydrogen-bond acceptors (Lipinski definition) is 1. The van der Waals surface area contributed by atoms with Crippen molar-refractivity contribution in [1.29, 1.82) is 0 Å². The highest BCUT2D eigenvalue weighted by Crippen LogP contribution is 2.33. The van der Waals surface area contributed by atoms with Crippen LogP contribution in [0.4, 0.5) is 8.78 Å². The summed E-state index contributed by atoms with van der Waals surface area (Å²) >= 11 is 5.84. The van der Waals surface area contributed by atoms with E-state index in [2.05, 4.69) is 36.6 Å². The Hall–Kier alpha value is -0.160. The van der Waals surface area contributed by atoms with Gasteiger partial charge < -0.3 is 4.74 Å². The summed E-state index contributed by atoms with van der Waals surface area (Å²) in [6.07, 6.45) is 0. The smallest absolute Gasteiger partial charge is 0.192 e. The Balaban J connectivity index is 3.42. The fourth-order valence-corrected chi connectivity index (χ4v) is 1.86. The highest BCUT2D eigenvalue weighted by molar-refractivity contribution is 9.11. The van der Waals surface area contributed by atoms with Crippen molar-refractivity contribution in [3.8, 4) is 5.75 Å². The van der Waals surface area contributed by atoms with Gasteiger partial charge in [-0.15, -0.1) is 0 Å². The lowest BCUT2D eigenvalue weighted by atomic mass is 10.3. The SMILES string of the molecule is COc1c(F)c(Br)cc(Br)c1F. The van der Waals surface area contributed by atoms with Crippen LogP contribution in [0.3, 0.4) is 0 Å². The van der Waals surface area contributed by atoms with Gasteiger partial charge >= 0.3 is 0 Å². The van der Waals surface area contributed by atoms with Crippen molar-refractivity contribution >= 4 is 31.9 Å². The Kier molecular flexibility index (Phi) is 3.06. The van der Waals surface area contributed by atoms with Crippen LogP contribution in [0.15, 0.2) is 15.0 Å². The van der Waals surface area contributed by atoms with E-state index in [9.17, 15) is 8.78 Å². The van der Waals surface area contributed by atoms with Crippen molar-refractivity contribution in [2.45, 2.75) is 0 Å². The van der Waals surface area contributed by atoms with E-state index in [1.165, 1.54) is 13.2 Å². The minimum Gasteiger partial charge on any atom is -0.491 e. The molecule has 0 atom stereocenters. The zero-order chi connectivity index (χ0) is 9.30. The number of methoxy groups -OCH3 is 1. The van der Waals surface area contributed by atoms with Gasteiger partial charge in [0.05, 0.1) is 16.1 Å². The minimum absolute atomic E-state index is 0.160. The zero-order valence-corrected chi connectivity index (χ0v) is 9.17. The van der Waals surface area contributed by atoms with Crippen LogP contribution in [0.1, 0.15) is 0 Å². The first-order chi connectivity index (χ1) is 5.57. The number of rotatable bonds is 1. The van der Waals surface area contributed by atoms with E-state index in [0.29, 0.717) is 0 Å². The van der Waals surface area contributed by atoms with Gasteiger partial charge in [-0.1, -0.05) is 0 Å². The van der Waals surface area contributed by atoms with Crippen molar-refractivity contribution in [2.75, 3.05) is 7.11 Å². The quantitative estimate of drug-likeness (QED) is 0.722. The van der Waals surface area contributed by atoms with Gasteiger partial charge in [0.2, 0.25) is 0 Å². The monoisotopic (exact) mass is 300 g/mol. The molecular formula is C7H4Br2F2O. The summed E-state index contributed by atoms with van der Waals surface area (Å²) in [7, 11) is 1.21. The normalized spacial score (nSPS) is 10.1. The van der Waals surface area contributed by atoms with E-state index in [1.807, 2.05) is 0 Å². The molecule has 0 N–H and O–H groups in total. The van der Waals surface area contributed by atoms with Gasteiger partial charge in [-0.2, -0.15) is 0 Å². The molecule has 1 aromatic carbocycles. The lowest BCUT2D eigenvalue weighted by Crippen LogP contribution is -1.94. The summed E-state index contributed by atoms with van der Waals surface area (Å²) in [5.41, 5.74) is 0. The molecule has 0 radical (unpaired) electrons. The van der Waals surface area contributed by atoms with Gasteiger partial charge in [0, 0.05) is 0 Å². The van der Waals surface area contributed by atoms with E-state index < -0.39 is 17.4 Å². The van der Waals surface area contributed by atoms with E-state index in [0.717, 1.165) is 0 Å². The average Bonchev–Trinajstić information content (AvgIpc) is 2.02. The number of ether oxygens (including phenoxy) is 1. The average molecular weight is 302 g/mol. The van der Waals surface area contributed by atoms with Crippen molar-refractivity contribution in [2.24, 2.45) is 0 Å². The Labute approximate surface area is 85.0 Å². The molecule has 0 saturated carbocycles. The first-order valence-electron chi connectivity index (χ1n) is 2.95. The van der Waals surface area contributed by atoms with Crippen molar-refractivity contribution in [1.82, 2.24) is 0 Å². The second-order valence-corrected chi connectivity index (χ2v) is 3.71. The molecule has 0 fully saturated rings. The topological polar surface area (TPSA) is 9.23 Å². The maximum Gasteiger partial charge on any atom is 0.192 e. The summed E-state index contributed by atoms with van der Waals surface area (Å²) in [5.74, 6) is -1.87. The Bertz CT molecular complexity index is 289. The Morgan fingerprint density at radius 1 is 1.17 bits per heavy atom. The Morgan fingerprint density at radius 2 is 1.58 bits per heavy atom. The van der Waals surface area contributed by atoms with Gasteiger partial charge in [-0.05, 0) is 37.9 Å². The molecule has 0 aliphatic rings. The van der Waals surface area contributed by atoms with Crippen LogP contribution in [0.25, 0.3) is 0 Å². The lowest BCUT2D eigenvalue weighted by Gasteiger charge is -2.05. The van der Waals surface area contributed by atoms with Crippen molar-refractivity contribution < 1.29 is 13.5 Å². The van der Waals surface area contributed by atoms with Gasteiger partial charge in [0.25, 0.3) is 0 Å². The molecule has 0 bridgehead atoms. The van der Waals surface area contributed by atoms with Gasteiger partial charge in [0.15, 0.2) is 17.4 Å². The highest BCUT2D eigenvalue weighted by Gasteiger charge is 2.16. The van der Waals surface area contributed by atoms with Crippen LogP contribution in [0.2, 0.25) is 0 Å². The largest absolute Gasteiger partial charge is 0.491 e. The first-order valence-corrected chi connectivity index (χ1v) is 4.53. The summed E-state index contributed by atoms with van der Waals surface area (Å²) < 4.78 is 30.9. The molecule has 1 aromatic rings. The van der Waals surface area contributed by atoms with Gasteiger partial charge in [-0.25, -0.2) is 8.78 Å². The van der Waals surface area contributed by atoms with Crippen LogP contribution in [-0.4, -0.2) is 7.11 Å². The standard InChI is InChI=1S/C7H4Br2F2O/c1-12-7-5(10)3(8)2-4(9)6(7)11/h2H,1H3. The predicted octanol–water partition coefficient (Wildman–Crippen LogP) is 3.50. The van der Waals surface area contributed by atoms with E-state index >= 15 is 0 Å². The molecular weight excluding hydrogens is 298 g/mol. The number of halogens is 4. The van der Waals surface area contributed by atoms with Crippen molar-refractivity contribution in [3.63, 3.8) is 0 Å². The second-order valence-electron chi connectivity index (χ2n) is 2.00. The van der Waals surface area contributed by atoms with Gasteiger partial charge in [-0.3, -0.25) is 0 Å². The van der Waals surface area contributed by atoms with E-state index in [1.54, 1.807) is 0 Å². The Morgan fingerprint density at radius 3 is 1.92 bits per heavy atom. The number of hydrogen-bond donors (Lipinski definition) is 0. The second kappa shape index (κ2) is 3.70. The van der Waals surface area contributed by atoms with Gasteiger partial charge in [0.1, 0.15) is 0 Å². The maximum absolute atomic E-state index is 13.0. The molecule has 0 heterocycles. The van der Waals surface area contributed by atoms with E-state index in [-0.39, 0.29) is 8.95 Å². The molecule has 0 aliphatic carbocycles. The molecule has 0 saturated heterocycles. The first kappa shape index (κ1) is 9.92. The fourth-order valence-electron chi connectivity index (χ4n) is 0.730. The van der Waals surface area contributed by atoms with Crippen LogP contribution in [0, 0.1) is 11.6 Å². The fraction of sp³-hybridized carbons (Fsp3) is 0.143. The van der Waals surface area contributed by atoms with Crippen LogP contribution in [-0.2, 0) is 0 Å². The number of benzene rings is 1. The summed E-state index contributed by atoms with van der Waals surface area (Å²) in [5, 5.41) is 0.